The first kappa shape index (κ1) is 9.16. The molecule has 66 valence electrons. The molecule has 1 aliphatic rings. The first-order valence-corrected chi connectivity index (χ1v) is 5.14. The summed E-state index contributed by atoms with van der Waals surface area (Å²) < 4.78 is 14.4. The summed E-state index contributed by atoms with van der Waals surface area (Å²) in [6, 6.07) is 0. The Morgan fingerprint density at radius 3 is 2.36 bits per heavy atom. The van der Waals surface area contributed by atoms with Crippen molar-refractivity contribution in [3.63, 3.8) is 0 Å². The molecule has 0 aromatic heterocycles. The summed E-state index contributed by atoms with van der Waals surface area (Å²) in [6.07, 6.45) is 0. The summed E-state index contributed by atoms with van der Waals surface area (Å²) >= 11 is 0. The molecule has 0 aromatic rings. The maximum absolute atomic E-state index is 11.3. The lowest BCUT2D eigenvalue weighted by Gasteiger charge is -2.39. The Kier molecular flexibility index (Phi) is 2.67. The normalized spacial score (nSPS) is 24.7. The zero-order chi connectivity index (χ0) is 8.48. The molecule has 1 atom stereocenters. The van der Waals surface area contributed by atoms with Gasteiger partial charge in [0.1, 0.15) is 0 Å². The molecule has 1 saturated heterocycles. The van der Waals surface area contributed by atoms with E-state index in [4.69, 9.17) is 0 Å². The number of hydrogen-bond donors (Lipinski definition) is 2. The minimum Gasteiger partial charge on any atom is -0.313 e. The van der Waals surface area contributed by atoms with Crippen molar-refractivity contribution in [3.8, 4) is 0 Å². The van der Waals surface area contributed by atoms with Gasteiger partial charge >= 0.3 is 0 Å². The fourth-order valence-corrected chi connectivity index (χ4v) is 1.80. The van der Waals surface area contributed by atoms with E-state index in [0.717, 1.165) is 13.1 Å². The van der Waals surface area contributed by atoms with Crippen LogP contribution in [-0.2, 0) is 11.0 Å². The highest BCUT2D eigenvalue weighted by Crippen LogP contribution is 2.10. The Bertz CT molecular complexity index is 166. The molecule has 0 spiro atoms. The zero-order valence-corrected chi connectivity index (χ0v) is 8.12. The molecule has 1 rings (SSSR count). The Hall–Kier alpha value is 0.0700. The quantitative estimate of drug-likeness (QED) is 0.636. The second kappa shape index (κ2) is 3.21. The highest BCUT2D eigenvalue weighted by atomic mass is 32.2. The van der Waals surface area contributed by atoms with Crippen LogP contribution in [-0.4, -0.2) is 28.1 Å². The van der Waals surface area contributed by atoms with Gasteiger partial charge in [0.25, 0.3) is 0 Å². The van der Waals surface area contributed by atoms with Crippen molar-refractivity contribution in [2.75, 3.05) is 13.1 Å². The molecule has 0 bridgehead atoms. The third-order valence-corrected chi connectivity index (χ3v) is 3.36. The van der Waals surface area contributed by atoms with Gasteiger partial charge in [0.15, 0.2) is 0 Å². The number of nitrogens with one attached hydrogen (secondary N) is 2. The van der Waals surface area contributed by atoms with E-state index < -0.39 is 11.0 Å². The SMILES string of the molecule is CC(C)S(=O)NC1(C)CNC1. The van der Waals surface area contributed by atoms with Crippen molar-refractivity contribution in [1.29, 1.82) is 0 Å². The van der Waals surface area contributed by atoms with Crippen LogP contribution in [0.2, 0.25) is 0 Å². The van der Waals surface area contributed by atoms with Gasteiger partial charge in [-0.1, -0.05) is 0 Å². The van der Waals surface area contributed by atoms with Crippen LogP contribution in [0.25, 0.3) is 0 Å². The van der Waals surface area contributed by atoms with Gasteiger partial charge in [-0.25, -0.2) is 8.93 Å². The molecule has 1 heterocycles. The second-order valence-corrected chi connectivity index (χ2v) is 5.35. The third kappa shape index (κ3) is 2.25. The van der Waals surface area contributed by atoms with E-state index in [0.29, 0.717) is 0 Å². The molecule has 0 amide bonds. The van der Waals surface area contributed by atoms with Gasteiger partial charge in [-0.2, -0.15) is 0 Å². The molecule has 0 aromatic carbocycles. The van der Waals surface area contributed by atoms with E-state index in [9.17, 15) is 4.21 Å². The molecule has 4 heteroatoms. The first-order chi connectivity index (χ1) is 5.03. The predicted octanol–water partition coefficient (Wildman–Crippen LogP) is 0.01000. The largest absolute Gasteiger partial charge is 0.313 e. The summed E-state index contributed by atoms with van der Waals surface area (Å²) in [5.41, 5.74) is 0.0646. The van der Waals surface area contributed by atoms with E-state index in [2.05, 4.69) is 17.0 Å². The highest BCUT2D eigenvalue weighted by Gasteiger charge is 2.33. The molecule has 0 aliphatic carbocycles. The van der Waals surface area contributed by atoms with Gasteiger partial charge < -0.3 is 5.32 Å². The Labute approximate surface area is 70.5 Å². The van der Waals surface area contributed by atoms with Crippen molar-refractivity contribution >= 4 is 11.0 Å². The Balaban J connectivity index is 2.35. The van der Waals surface area contributed by atoms with Crippen LogP contribution < -0.4 is 10.0 Å². The van der Waals surface area contributed by atoms with Gasteiger partial charge in [0.05, 0.1) is 16.5 Å². The maximum Gasteiger partial charge on any atom is 0.0947 e. The summed E-state index contributed by atoms with van der Waals surface area (Å²) in [6.45, 7) is 7.85. The average Bonchev–Trinajstić information content (AvgIpc) is 1.84. The van der Waals surface area contributed by atoms with Crippen molar-refractivity contribution in [1.82, 2.24) is 10.0 Å². The third-order valence-electron chi connectivity index (χ3n) is 1.81. The van der Waals surface area contributed by atoms with Crippen molar-refractivity contribution < 1.29 is 4.21 Å². The van der Waals surface area contributed by atoms with Crippen LogP contribution >= 0.6 is 0 Å². The first-order valence-electron chi connectivity index (χ1n) is 3.93. The van der Waals surface area contributed by atoms with Crippen LogP contribution in [0.15, 0.2) is 0 Å². The van der Waals surface area contributed by atoms with Gasteiger partial charge in [-0.05, 0) is 20.8 Å². The second-order valence-electron chi connectivity index (χ2n) is 3.61. The number of hydrogen-bond acceptors (Lipinski definition) is 2. The van der Waals surface area contributed by atoms with E-state index in [1.54, 1.807) is 0 Å². The summed E-state index contributed by atoms with van der Waals surface area (Å²) in [7, 11) is -0.880. The van der Waals surface area contributed by atoms with E-state index >= 15 is 0 Å². The highest BCUT2D eigenvalue weighted by molar-refractivity contribution is 7.83. The predicted molar refractivity (Wildman–Crippen MR) is 47.7 cm³/mol. The van der Waals surface area contributed by atoms with Crippen molar-refractivity contribution in [2.45, 2.75) is 31.6 Å². The van der Waals surface area contributed by atoms with Crippen LogP contribution in [0.3, 0.4) is 0 Å². The molecule has 11 heavy (non-hydrogen) atoms. The fraction of sp³-hybridized carbons (Fsp3) is 1.00. The van der Waals surface area contributed by atoms with E-state index in [1.807, 2.05) is 13.8 Å². The van der Waals surface area contributed by atoms with Gasteiger partial charge in [0, 0.05) is 18.3 Å². The molecule has 0 radical (unpaired) electrons. The summed E-state index contributed by atoms with van der Waals surface area (Å²) in [5.74, 6) is 0. The molecule has 1 fully saturated rings. The summed E-state index contributed by atoms with van der Waals surface area (Å²) in [4.78, 5) is 0. The van der Waals surface area contributed by atoms with Crippen molar-refractivity contribution in [3.05, 3.63) is 0 Å². The lowest BCUT2D eigenvalue weighted by molar-refractivity contribution is 0.283. The molecule has 3 nitrogen and oxygen atoms in total. The van der Waals surface area contributed by atoms with Crippen LogP contribution in [0.1, 0.15) is 20.8 Å². The zero-order valence-electron chi connectivity index (χ0n) is 7.31. The van der Waals surface area contributed by atoms with Crippen LogP contribution in [0.5, 0.6) is 0 Å². The van der Waals surface area contributed by atoms with Gasteiger partial charge in [-0.3, -0.25) is 0 Å². The molecule has 1 unspecified atom stereocenters. The van der Waals surface area contributed by atoms with E-state index in [1.165, 1.54) is 0 Å². The van der Waals surface area contributed by atoms with Gasteiger partial charge in [0.2, 0.25) is 0 Å². The van der Waals surface area contributed by atoms with Crippen molar-refractivity contribution in [2.24, 2.45) is 0 Å². The minimum atomic E-state index is -0.880. The standard InChI is InChI=1S/C7H16N2OS/c1-6(2)11(10)9-7(3)4-8-5-7/h6,8-9H,4-5H2,1-3H3. The molecule has 2 N–H and O–H groups in total. The smallest absolute Gasteiger partial charge is 0.0947 e. The molecular formula is C7H16N2OS. The lowest BCUT2D eigenvalue weighted by Crippen LogP contribution is -2.66. The number of rotatable bonds is 3. The molecule has 1 aliphatic heterocycles. The van der Waals surface area contributed by atoms with Crippen LogP contribution in [0.4, 0.5) is 0 Å². The molecular weight excluding hydrogens is 160 g/mol. The Morgan fingerprint density at radius 1 is 1.55 bits per heavy atom. The molecule has 0 saturated carbocycles. The lowest BCUT2D eigenvalue weighted by atomic mass is 9.97. The van der Waals surface area contributed by atoms with E-state index in [-0.39, 0.29) is 10.8 Å². The average molecular weight is 176 g/mol. The van der Waals surface area contributed by atoms with Crippen LogP contribution in [0, 0.1) is 0 Å². The Morgan fingerprint density at radius 2 is 2.09 bits per heavy atom. The summed E-state index contributed by atoms with van der Waals surface area (Å²) in [5, 5.41) is 3.35. The minimum absolute atomic E-state index is 0.0646. The van der Waals surface area contributed by atoms with Gasteiger partial charge in [-0.15, -0.1) is 0 Å². The fourth-order valence-electron chi connectivity index (χ4n) is 0.933. The monoisotopic (exact) mass is 176 g/mol. The maximum atomic E-state index is 11.3. The topological polar surface area (TPSA) is 41.1 Å².